The van der Waals surface area contributed by atoms with Crippen molar-refractivity contribution in [1.82, 2.24) is 10.2 Å². The molecule has 7 heteroatoms. The molecular weight excluding hydrogens is 461 g/mol. The molecule has 2 unspecified atom stereocenters. The predicted molar refractivity (Wildman–Crippen MR) is 119 cm³/mol. The Morgan fingerprint density at radius 1 is 1.42 bits per heavy atom. The van der Waals surface area contributed by atoms with Crippen LogP contribution < -0.4 is 5.32 Å². The van der Waals surface area contributed by atoms with Gasteiger partial charge >= 0.3 is 0 Å². The molecule has 2 fully saturated rings. The molecule has 0 amide bonds. The number of guanidine groups is 1. The normalized spacial score (nSPS) is 22.9. The smallest absolute Gasteiger partial charge is 0.193 e. The van der Waals surface area contributed by atoms with Crippen molar-refractivity contribution in [2.24, 2.45) is 4.99 Å². The number of halogens is 1. The lowest BCUT2D eigenvalue weighted by atomic mass is 10.1. The van der Waals surface area contributed by atoms with E-state index >= 15 is 0 Å². The third-order valence-electron chi connectivity index (χ3n) is 5.17. The van der Waals surface area contributed by atoms with Gasteiger partial charge in [-0.15, -0.1) is 24.0 Å². The van der Waals surface area contributed by atoms with E-state index in [0.29, 0.717) is 18.1 Å². The minimum Gasteiger partial charge on any atom is -0.376 e. The fraction of sp³-hybridized carbons (Fsp3) is 0.737. The highest BCUT2D eigenvalue weighted by Gasteiger charge is 2.24. The van der Waals surface area contributed by atoms with Gasteiger partial charge in [0.1, 0.15) is 0 Å². The van der Waals surface area contributed by atoms with Gasteiger partial charge in [-0.3, -0.25) is 4.99 Å². The molecule has 3 heterocycles. The van der Waals surface area contributed by atoms with E-state index in [0.717, 1.165) is 58.1 Å². The van der Waals surface area contributed by atoms with Gasteiger partial charge in [-0.05, 0) is 54.0 Å². The Kier molecular flexibility index (Phi) is 9.66. The number of nitrogens with one attached hydrogen (secondary N) is 1. The van der Waals surface area contributed by atoms with Crippen LogP contribution in [0.5, 0.6) is 0 Å². The molecule has 1 N–H and O–H groups in total. The second-order valence-corrected chi connectivity index (χ2v) is 7.82. The van der Waals surface area contributed by atoms with Gasteiger partial charge < -0.3 is 19.7 Å². The standard InChI is InChI=1S/C19H31N3O2S.HI/c1-15(16-7-11-25-14-16)12-21-19(20-2)22-8-5-17(6-9-22)24-13-18-4-3-10-23-18;/h7,11,14-15,17-18H,3-6,8-10,12-13H2,1-2H3,(H,20,21);1H. The number of thiophene rings is 1. The van der Waals surface area contributed by atoms with Crippen LogP contribution in [0.15, 0.2) is 21.8 Å². The SMILES string of the molecule is CN=C(NCC(C)c1ccsc1)N1CCC(OCC2CCCO2)CC1.I. The van der Waals surface area contributed by atoms with Gasteiger partial charge in [0, 0.05) is 33.3 Å². The molecule has 0 aliphatic carbocycles. The number of nitrogens with zero attached hydrogens (tertiary/aromatic N) is 2. The average Bonchev–Trinajstić information content (AvgIpc) is 3.35. The molecule has 5 nitrogen and oxygen atoms in total. The van der Waals surface area contributed by atoms with Crippen LogP contribution in [0, 0.1) is 0 Å². The summed E-state index contributed by atoms with van der Waals surface area (Å²) < 4.78 is 11.7. The first-order chi connectivity index (χ1) is 12.3. The summed E-state index contributed by atoms with van der Waals surface area (Å²) in [5, 5.41) is 7.91. The van der Waals surface area contributed by atoms with E-state index in [4.69, 9.17) is 9.47 Å². The van der Waals surface area contributed by atoms with Crippen LogP contribution in [0.3, 0.4) is 0 Å². The van der Waals surface area contributed by atoms with Crippen molar-refractivity contribution in [3.05, 3.63) is 22.4 Å². The molecule has 2 aliphatic heterocycles. The van der Waals surface area contributed by atoms with E-state index in [-0.39, 0.29) is 24.0 Å². The molecule has 0 saturated carbocycles. The molecule has 1 aromatic heterocycles. The first kappa shape index (κ1) is 21.9. The van der Waals surface area contributed by atoms with Crippen LogP contribution in [0.2, 0.25) is 0 Å². The van der Waals surface area contributed by atoms with Crippen molar-refractivity contribution < 1.29 is 9.47 Å². The molecular formula is C19H32IN3O2S. The lowest BCUT2D eigenvalue weighted by Crippen LogP contribution is -2.47. The van der Waals surface area contributed by atoms with Gasteiger partial charge in [-0.2, -0.15) is 11.3 Å². The lowest BCUT2D eigenvalue weighted by Gasteiger charge is -2.34. The Hall–Kier alpha value is -0.380. The molecule has 148 valence electrons. The minimum atomic E-state index is 0. The predicted octanol–water partition coefficient (Wildman–Crippen LogP) is 3.71. The van der Waals surface area contributed by atoms with Crippen LogP contribution >= 0.6 is 35.3 Å². The summed E-state index contributed by atoms with van der Waals surface area (Å²) in [5.41, 5.74) is 1.40. The van der Waals surface area contributed by atoms with Gasteiger partial charge in [0.15, 0.2) is 5.96 Å². The number of ether oxygens (including phenoxy) is 2. The van der Waals surface area contributed by atoms with Crippen LogP contribution in [-0.4, -0.2) is 63.0 Å². The van der Waals surface area contributed by atoms with E-state index in [2.05, 4.69) is 39.0 Å². The quantitative estimate of drug-likeness (QED) is 0.373. The van der Waals surface area contributed by atoms with Crippen LogP contribution in [0.1, 0.15) is 44.1 Å². The minimum absolute atomic E-state index is 0. The molecule has 0 radical (unpaired) electrons. The Morgan fingerprint density at radius 3 is 2.85 bits per heavy atom. The summed E-state index contributed by atoms with van der Waals surface area (Å²) in [6.45, 7) is 6.84. The third-order valence-corrected chi connectivity index (χ3v) is 5.88. The maximum absolute atomic E-state index is 6.06. The highest BCUT2D eigenvalue weighted by atomic mass is 127. The van der Waals surface area contributed by atoms with Crippen molar-refractivity contribution in [2.75, 3.05) is 39.9 Å². The van der Waals surface area contributed by atoms with E-state index in [1.807, 2.05) is 7.05 Å². The maximum atomic E-state index is 6.06. The number of hydrogen-bond donors (Lipinski definition) is 1. The number of hydrogen-bond acceptors (Lipinski definition) is 4. The Labute approximate surface area is 178 Å². The van der Waals surface area contributed by atoms with E-state index in [9.17, 15) is 0 Å². The Morgan fingerprint density at radius 2 is 2.23 bits per heavy atom. The molecule has 26 heavy (non-hydrogen) atoms. The topological polar surface area (TPSA) is 46.1 Å². The first-order valence-electron chi connectivity index (χ1n) is 9.47. The zero-order chi connectivity index (χ0) is 17.5. The largest absolute Gasteiger partial charge is 0.376 e. The Balaban J connectivity index is 0.00000243. The van der Waals surface area contributed by atoms with Gasteiger partial charge in [-0.25, -0.2) is 0 Å². The van der Waals surface area contributed by atoms with Gasteiger partial charge in [0.25, 0.3) is 0 Å². The summed E-state index contributed by atoms with van der Waals surface area (Å²) in [7, 11) is 1.87. The Bertz CT molecular complexity index is 527. The molecule has 1 aromatic rings. The lowest BCUT2D eigenvalue weighted by molar-refractivity contribution is -0.0367. The number of aliphatic imine (C=N–C) groups is 1. The van der Waals surface area contributed by atoms with Crippen LogP contribution in [-0.2, 0) is 9.47 Å². The molecule has 0 aromatic carbocycles. The zero-order valence-electron chi connectivity index (χ0n) is 15.9. The molecule has 3 rings (SSSR count). The summed E-state index contributed by atoms with van der Waals surface area (Å²) in [4.78, 5) is 6.83. The average molecular weight is 493 g/mol. The van der Waals surface area contributed by atoms with E-state index < -0.39 is 0 Å². The van der Waals surface area contributed by atoms with Gasteiger partial charge in [0.05, 0.1) is 18.8 Å². The monoisotopic (exact) mass is 493 g/mol. The van der Waals surface area contributed by atoms with Crippen molar-refractivity contribution in [2.45, 2.75) is 50.7 Å². The fourth-order valence-electron chi connectivity index (χ4n) is 3.50. The molecule has 2 saturated heterocycles. The van der Waals surface area contributed by atoms with Crippen molar-refractivity contribution in [1.29, 1.82) is 0 Å². The molecule has 2 aliphatic rings. The second-order valence-electron chi connectivity index (χ2n) is 7.04. The summed E-state index contributed by atoms with van der Waals surface area (Å²) in [5.74, 6) is 1.51. The zero-order valence-corrected chi connectivity index (χ0v) is 19.0. The fourth-order valence-corrected chi connectivity index (χ4v) is 4.29. The maximum Gasteiger partial charge on any atom is 0.193 e. The second kappa shape index (κ2) is 11.5. The highest BCUT2D eigenvalue weighted by Crippen LogP contribution is 2.19. The van der Waals surface area contributed by atoms with Crippen molar-refractivity contribution >= 4 is 41.3 Å². The number of rotatable bonds is 6. The first-order valence-corrected chi connectivity index (χ1v) is 10.4. The third kappa shape index (κ3) is 6.35. The van der Waals surface area contributed by atoms with E-state index in [1.165, 1.54) is 12.0 Å². The van der Waals surface area contributed by atoms with Crippen molar-refractivity contribution in [3.8, 4) is 0 Å². The molecule has 0 bridgehead atoms. The molecule has 0 spiro atoms. The van der Waals surface area contributed by atoms with Crippen molar-refractivity contribution in [3.63, 3.8) is 0 Å². The summed E-state index contributed by atoms with van der Waals surface area (Å²) >= 11 is 1.76. The van der Waals surface area contributed by atoms with Gasteiger partial charge in [-0.1, -0.05) is 6.92 Å². The van der Waals surface area contributed by atoms with Crippen LogP contribution in [0.25, 0.3) is 0 Å². The summed E-state index contributed by atoms with van der Waals surface area (Å²) in [6, 6.07) is 2.21. The van der Waals surface area contributed by atoms with Gasteiger partial charge in [0.2, 0.25) is 0 Å². The number of likely N-dealkylation sites (tertiary alicyclic amines) is 1. The molecule has 2 atom stereocenters. The highest BCUT2D eigenvalue weighted by molar-refractivity contribution is 14.0. The van der Waals surface area contributed by atoms with Crippen LogP contribution in [0.4, 0.5) is 0 Å². The number of piperidine rings is 1. The summed E-state index contributed by atoms with van der Waals surface area (Å²) in [6.07, 6.45) is 5.14. The van der Waals surface area contributed by atoms with E-state index in [1.54, 1.807) is 11.3 Å².